The van der Waals surface area contributed by atoms with Gasteiger partial charge in [0.25, 0.3) is 5.91 Å². The molecule has 4 heteroatoms. The first kappa shape index (κ1) is 10.8. The first-order chi connectivity index (χ1) is 6.65. The lowest BCUT2D eigenvalue weighted by Crippen LogP contribution is -2.23. The molecule has 14 heavy (non-hydrogen) atoms. The maximum atomic E-state index is 12.8. The summed E-state index contributed by atoms with van der Waals surface area (Å²) in [5.74, 6) is -0.700. The van der Waals surface area contributed by atoms with Crippen molar-refractivity contribution < 1.29 is 9.18 Å². The van der Waals surface area contributed by atoms with E-state index < -0.39 is 5.82 Å². The van der Waals surface area contributed by atoms with Gasteiger partial charge in [-0.3, -0.25) is 4.79 Å². The van der Waals surface area contributed by atoms with Gasteiger partial charge < -0.3 is 5.32 Å². The number of hydrogen-bond donors (Lipinski definition) is 2. The minimum absolute atomic E-state index is 0.163. The van der Waals surface area contributed by atoms with Crippen LogP contribution < -0.4 is 5.32 Å². The summed E-state index contributed by atoms with van der Waals surface area (Å²) in [6, 6.07) is 4.01. The van der Waals surface area contributed by atoms with Crippen molar-refractivity contribution in [2.45, 2.75) is 4.90 Å². The number of thiol groups is 1. The van der Waals surface area contributed by atoms with Crippen LogP contribution in [0.15, 0.2) is 35.7 Å². The molecule has 74 valence electrons. The third-order valence-electron chi connectivity index (χ3n) is 1.62. The molecule has 1 aromatic rings. The van der Waals surface area contributed by atoms with Crippen molar-refractivity contribution in [3.05, 3.63) is 42.2 Å². The second-order valence-electron chi connectivity index (χ2n) is 2.66. The molecule has 0 unspecified atom stereocenters. The van der Waals surface area contributed by atoms with Gasteiger partial charge in [0, 0.05) is 17.0 Å². The summed E-state index contributed by atoms with van der Waals surface area (Å²) in [7, 11) is 0. The first-order valence-corrected chi connectivity index (χ1v) is 4.47. The number of halogens is 1. The van der Waals surface area contributed by atoms with Gasteiger partial charge in [0.2, 0.25) is 0 Å². The number of amides is 1. The Morgan fingerprint density at radius 2 is 2.36 bits per heavy atom. The fourth-order valence-corrected chi connectivity index (χ4v) is 1.13. The fourth-order valence-electron chi connectivity index (χ4n) is 0.921. The normalized spacial score (nSPS) is 9.57. The molecular weight excluding hydrogens is 201 g/mol. The fraction of sp³-hybridized carbons (Fsp3) is 0.100. The summed E-state index contributed by atoms with van der Waals surface area (Å²) < 4.78 is 12.8. The van der Waals surface area contributed by atoms with Crippen molar-refractivity contribution in [3.8, 4) is 0 Å². The zero-order valence-electron chi connectivity index (χ0n) is 7.46. The van der Waals surface area contributed by atoms with Crippen molar-refractivity contribution >= 4 is 18.5 Å². The van der Waals surface area contributed by atoms with Crippen LogP contribution in [0, 0.1) is 5.82 Å². The number of carbonyl (C=O) groups is 1. The molecule has 0 fully saturated rings. The summed E-state index contributed by atoms with van der Waals surface area (Å²) in [5.41, 5.74) is 0.387. The molecule has 0 aromatic heterocycles. The topological polar surface area (TPSA) is 29.1 Å². The monoisotopic (exact) mass is 211 g/mol. The largest absolute Gasteiger partial charge is 0.349 e. The molecule has 0 aliphatic carbocycles. The van der Waals surface area contributed by atoms with Crippen molar-refractivity contribution in [3.63, 3.8) is 0 Å². The molecule has 1 amide bonds. The Morgan fingerprint density at radius 1 is 1.64 bits per heavy atom. The van der Waals surface area contributed by atoms with Crippen LogP contribution >= 0.6 is 12.6 Å². The highest BCUT2D eigenvalue weighted by molar-refractivity contribution is 7.80. The predicted molar refractivity (Wildman–Crippen MR) is 56.2 cm³/mol. The van der Waals surface area contributed by atoms with Gasteiger partial charge >= 0.3 is 0 Å². The van der Waals surface area contributed by atoms with Gasteiger partial charge in [0.1, 0.15) is 5.82 Å². The third kappa shape index (κ3) is 2.60. The van der Waals surface area contributed by atoms with E-state index in [0.717, 1.165) is 0 Å². The Kier molecular flexibility index (Phi) is 3.71. The smallest absolute Gasteiger partial charge is 0.251 e. The van der Waals surface area contributed by atoms with Gasteiger partial charge in [0.05, 0.1) is 0 Å². The molecule has 0 radical (unpaired) electrons. The maximum absolute atomic E-state index is 12.8. The Balaban J connectivity index is 2.80. The summed E-state index contributed by atoms with van der Waals surface area (Å²) in [6.07, 6.45) is 1.57. The molecule has 1 N–H and O–H groups in total. The first-order valence-electron chi connectivity index (χ1n) is 4.02. The lowest BCUT2D eigenvalue weighted by Gasteiger charge is -2.03. The van der Waals surface area contributed by atoms with Crippen LogP contribution in [0.25, 0.3) is 0 Å². The van der Waals surface area contributed by atoms with Crippen molar-refractivity contribution in [2.75, 3.05) is 6.54 Å². The van der Waals surface area contributed by atoms with Gasteiger partial charge in [-0.25, -0.2) is 4.39 Å². The number of nitrogens with one attached hydrogen (secondary N) is 1. The van der Waals surface area contributed by atoms with Gasteiger partial charge in [-0.2, -0.15) is 0 Å². The van der Waals surface area contributed by atoms with Crippen molar-refractivity contribution in [1.82, 2.24) is 5.32 Å². The van der Waals surface area contributed by atoms with Crippen LogP contribution in [0.3, 0.4) is 0 Å². The van der Waals surface area contributed by atoms with E-state index in [9.17, 15) is 9.18 Å². The number of benzene rings is 1. The van der Waals surface area contributed by atoms with E-state index in [1.54, 1.807) is 6.08 Å². The second-order valence-corrected chi connectivity index (χ2v) is 3.15. The molecule has 0 aliphatic rings. The van der Waals surface area contributed by atoms with Crippen LogP contribution in [0.5, 0.6) is 0 Å². The summed E-state index contributed by atoms with van der Waals surface area (Å²) >= 11 is 3.88. The average Bonchev–Trinajstić information content (AvgIpc) is 2.18. The van der Waals surface area contributed by atoms with Crippen molar-refractivity contribution in [1.29, 1.82) is 0 Å². The standard InChI is InChI=1S/C10H10FNOS/c1-2-5-12-10(13)7-3-4-8(11)9(14)6-7/h2-4,6,14H,1,5H2,(H,12,13). The molecule has 0 saturated heterocycles. The molecule has 0 heterocycles. The van der Waals surface area contributed by atoms with E-state index in [1.165, 1.54) is 18.2 Å². The molecule has 0 saturated carbocycles. The minimum atomic E-state index is -0.436. The van der Waals surface area contributed by atoms with Crippen LogP contribution in [0.2, 0.25) is 0 Å². The van der Waals surface area contributed by atoms with Gasteiger partial charge in [-0.1, -0.05) is 6.08 Å². The highest BCUT2D eigenvalue weighted by atomic mass is 32.1. The van der Waals surface area contributed by atoms with Crippen molar-refractivity contribution in [2.24, 2.45) is 0 Å². The van der Waals surface area contributed by atoms with E-state index in [4.69, 9.17) is 0 Å². The number of rotatable bonds is 3. The molecule has 0 atom stereocenters. The van der Waals surface area contributed by atoms with E-state index in [2.05, 4.69) is 24.5 Å². The number of hydrogen-bond acceptors (Lipinski definition) is 2. The van der Waals surface area contributed by atoms with E-state index in [-0.39, 0.29) is 10.8 Å². The lowest BCUT2D eigenvalue weighted by atomic mass is 10.2. The Morgan fingerprint density at radius 3 is 2.93 bits per heavy atom. The maximum Gasteiger partial charge on any atom is 0.251 e. The quantitative estimate of drug-likeness (QED) is 0.581. The van der Waals surface area contributed by atoms with E-state index >= 15 is 0 Å². The Hall–Kier alpha value is -1.29. The molecular formula is C10H10FNOS. The molecule has 1 rings (SSSR count). The van der Waals surface area contributed by atoms with Crippen LogP contribution in [-0.4, -0.2) is 12.5 Å². The Bertz CT molecular complexity index is 365. The SMILES string of the molecule is C=CCNC(=O)c1ccc(F)c(S)c1. The van der Waals surface area contributed by atoms with Crippen LogP contribution in [-0.2, 0) is 0 Å². The molecule has 2 nitrogen and oxygen atoms in total. The number of carbonyl (C=O) groups excluding carboxylic acids is 1. The predicted octanol–water partition coefficient (Wildman–Crippen LogP) is 2.03. The van der Waals surface area contributed by atoms with Gasteiger partial charge in [-0.05, 0) is 18.2 Å². The van der Waals surface area contributed by atoms with Crippen LogP contribution in [0.1, 0.15) is 10.4 Å². The van der Waals surface area contributed by atoms with E-state index in [1.807, 2.05) is 0 Å². The molecule has 1 aromatic carbocycles. The summed E-state index contributed by atoms with van der Waals surface area (Å²) in [4.78, 5) is 11.5. The highest BCUT2D eigenvalue weighted by Gasteiger charge is 2.06. The molecule has 0 bridgehead atoms. The summed E-state index contributed by atoms with van der Waals surface area (Å²) in [5, 5.41) is 2.58. The molecule has 0 spiro atoms. The summed E-state index contributed by atoms with van der Waals surface area (Å²) in [6.45, 7) is 3.86. The highest BCUT2D eigenvalue weighted by Crippen LogP contribution is 2.13. The zero-order valence-corrected chi connectivity index (χ0v) is 8.35. The van der Waals surface area contributed by atoms with E-state index in [0.29, 0.717) is 12.1 Å². The Labute approximate surface area is 87.2 Å². The lowest BCUT2D eigenvalue weighted by molar-refractivity contribution is 0.0957. The average molecular weight is 211 g/mol. The van der Waals surface area contributed by atoms with Gasteiger partial charge in [0.15, 0.2) is 0 Å². The minimum Gasteiger partial charge on any atom is -0.349 e. The molecule has 0 aliphatic heterocycles. The van der Waals surface area contributed by atoms with Crippen LogP contribution in [0.4, 0.5) is 4.39 Å². The van der Waals surface area contributed by atoms with Gasteiger partial charge in [-0.15, -0.1) is 19.2 Å². The second kappa shape index (κ2) is 4.81. The third-order valence-corrected chi connectivity index (χ3v) is 1.96. The zero-order chi connectivity index (χ0) is 10.6.